The van der Waals surface area contributed by atoms with Gasteiger partial charge in [0.25, 0.3) is 20.9 Å². The van der Waals surface area contributed by atoms with Gasteiger partial charge in [-0.1, -0.05) is 215 Å². The molecule has 13 rings (SSSR count). The largest absolute Gasteiger partial charge is 0.359 e. The third kappa shape index (κ3) is 12.1. The van der Waals surface area contributed by atoms with Crippen molar-refractivity contribution < 1.29 is 0 Å². The van der Waals surface area contributed by atoms with E-state index in [4.69, 9.17) is 0 Å². The molecule has 0 aromatic carbocycles. The minimum Gasteiger partial charge on any atom is -0.359 e. The molecule has 9 saturated carbocycles. The van der Waals surface area contributed by atoms with Gasteiger partial charge in [-0.25, -0.2) is 0 Å². The Hall–Kier alpha value is -1.49. The van der Waals surface area contributed by atoms with Gasteiger partial charge in [-0.15, -0.1) is 0 Å². The van der Waals surface area contributed by atoms with E-state index >= 15 is 0 Å². The zero-order chi connectivity index (χ0) is 68.5. The average molecular weight is 1310 g/mol. The van der Waals surface area contributed by atoms with Crippen LogP contribution < -0.4 is 0 Å². The topological polar surface area (TPSA) is 9.72 Å². The van der Waals surface area contributed by atoms with Crippen LogP contribution in [0.1, 0.15) is 298 Å². The molecule has 1 saturated heterocycles. The molecular weight excluding hydrogens is 1160 g/mol. The number of nitrogens with zero attached hydrogens (tertiary/aromatic N) is 3. The highest BCUT2D eigenvalue weighted by atomic mass is 15.3. The molecule has 3 nitrogen and oxygen atoms in total. The van der Waals surface area contributed by atoms with Crippen LogP contribution in [0, 0.1) is 157 Å². The van der Waals surface area contributed by atoms with Crippen LogP contribution in [0.3, 0.4) is 0 Å². The molecule has 10 fully saturated rings. The summed E-state index contributed by atoms with van der Waals surface area (Å²) in [5.74, 6) is 18.9. The molecule has 0 radical (unpaired) electrons. The molecule has 13 aliphatic rings. The number of allylic oxidation sites excluding steroid dienone is 12. The van der Waals surface area contributed by atoms with E-state index in [9.17, 15) is 0 Å². The van der Waals surface area contributed by atoms with E-state index in [0.29, 0.717) is 106 Å². The molecule has 27 atom stereocenters. The van der Waals surface area contributed by atoms with Gasteiger partial charge in [0.2, 0.25) is 0 Å². The SMILES string of the molecule is CC[C@H](C=C[C@@H](C)[C@H]1CC[C@H]2[C@@H]3CC=C4C[C@@H](B5N(C)B([C@H]6CC[C@@]7(C)C(=CC[C@H]8[C@@H]9CC[C@H]([C@H](C)C=C[C@@H](CC)C(C)C)[C@@]9(C)CC[C@@H]87)C6)N(C)B([C@H]6CC[C@@]7(C)C(=CC[C@H]8[C@@H]9CC[C@H]([C@H](C)C=C[C@@H](CC)C(C)C)[C@@]9(C)CC[C@@H]87)C6)N5C)CC[C@]4(C)[C@H]3CC[C@]12C)C(C)C. The Bertz CT molecular complexity index is 2600. The fraction of sp³-hybridized carbons (Fsp3) is 0.867. The highest BCUT2D eigenvalue weighted by Crippen LogP contribution is 2.72. The molecule has 0 spiro atoms. The van der Waals surface area contributed by atoms with E-state index in [1.807, 2.05) is 16.7 Å². The molecule has 0 N–H and O–H groups in total. The summed E-state index contributed by atoms with van der Waals surface area (Å²) in [5, 5.41) is 0. The third-order valence-corrected chi connectivity index (χ3v) is 36.3. The van der Waals surface area contributed by atoms with Gasteiger partial charge in [0.05, 0.1) is 0 Å². The fourth-order valence-electron chi connectivity index (χ4n) is 30.7. The molecule has 0 unspecified atom stereocenters. The normalized spacial score (nSPS) is 45.6. The predicted molar refractivity (Wildman–Crippen MR) is 418 cm³/mol. The maximum Gasteiger partial charge on any atom is 0.293 e. The van der Waals surface area contributed by atoms with Gasteiger partial charge in [0.1, 0.15) is 0 Å². The first kappa shape index (κ1) is 72.9. The van der Waals surface area contributed by atoms with Crippen molar-refractivity contribution in [3.63, 3.8) is 0 Å². The summed E-state index contributed by atoms with van der Waals surface area (Å²) in [7, 11) is 8.02. The van der Waals surface area contributed by atoms with Gasteiger partial charge in [-0.2, -0.15) is 0 Å². The van der Waals surface area contributed by atoms with Crippen LogP contribution in [-0.2, 0) is 0 Å². The lowest BCUT2D eigenvalue weighted by atomic mass is 9.30. The Morgan fingerprint density at radius 1 is 0.354 bits per heavy atom. The Labute approximate surface area is 596 Å². The Morgan fingerprint density at radius 3 is 0.854 bits per heavy atom. The first-order chi connectivity index (χ1) is 45.6. The smallest absolute Gasteiger partial charge is 0.293 e. The minimum absolute atomic E-state index is 0.365. The van der Waals surface area contributed by atoms with E-state index in [0.717, 1.165) is 88.8 Å². The Kier molecular flexibility index (Phi) is 21.1. The molecular formula is C90H150B3N3. The van der Waals surface area contributed by atoms with E-state index in [1.165, 1.54) is 173 Å². The fourth-order valence-corrected chi connectivity index (χ4v) is 30.7. The van der Waals surface area contributed by atoms with Gasteiger partial charge >= 0.3 is 0 Å². The third-order valence-electron chi connectivity index (χ3n) is 36.3. The van der Waals surface area contributed by atoms with E-state index in [-0.39, 0.29) is 0 Å². The molecule has 534 valence electrons. The summed E-state index contributed by atoms with van der Waals surface area (Å²) < 4.78 is 9.25. The highest BCUT2D eigenvalue weighted by Gasteiger charge is 2.66. The average Bonchev–Trinajstić information content (AvgIpc) is 1.09. The molecule has 1 heterocycles. The van der Waals surface area contributed by atoms with Gasteiger partial charge in [0.15, 0.2) is 0 Å². The van der Waals surface area contributed by atoms with Gasteiger partial charge in [0, 0.05) is 0 Å². The number of hydrogen-bond donors (Lipinski definition) is 0. The zero-order valence-corrected chi connectivity index (χ0v) is 66.7. The monoisotopic (exact) mass is 1310 g/mol. The molecule has 0 aromatic heterocycles. The molecule has 0 aromatic rings. The second kappa shape index (κ2) is 27.9. The lowest BCUT2D eigenvalue weighted by molar-refractivity contribution is -0.0466. The summed E-state index contributed by atoms with van der Waals surface area (Å²) in [5.41, 5.74) is 8.29. The summed E-state index contributed by atoms with van der Waals surface area (Å²) in [6, 6.07) is 0. The van der Waals surface area contributed by atoms with Crippen molar-refractivity contribution in [2.45, 2.75) is 315 Å². The van der Waals surface area contributed by atoms with E-state index < -0.39 is 0 Å². The summed E-state index contributed by atoms with van der Waals surface area (Å²) >= 11 is 0. The first-order valence-corrected chi connectivity index (χ1v) is 42.9. The van der Waals surface area contributed by atoms with Crippen LogP contribution in [0.5, 0.6) is 0 Å². The predicted octanol–water partition coefficient (Wildman–Crippen LogP) is 24.7. The van der Waals surface area contributed by atoms with E-state index in [1.54, 1.807) is 0 Å². The number of rotatable bonds is 18. The van der Waals surface area contributed by atoms with Crippen LogP contribution >= 0.6 is 0 Å². The standard InChI is InChI=1S/C90H150B3N3/c1-22-64(58(4)5)28-25-61(10)76-37-40-79-73-34-31-67-55-70(43-49-85(67,13)82(73)46-52-88(76,79)16)91-94(19)92(71-44-50-86(14)68(56-71)32-35-74-80-41-38-77(89(80,17)53-47-83(74)86)62(11)26-29-65(23-2)59(6)7)96(21)93(95(91)20)72-45-51-87(15)69(57-72)33-36-75-81-42-39-78(90(81,18)54-48-84(75)87)63(12)27-30-66(24-3)60(8)9/h25-33,58-66,70-84H,22-24,34-57H2,1-21H3/t61-,62-,63-,64-,65-,66-,70+,71+,72+,73+,74+,75+,76-,77-,78-,79+,80+,81+,82+,83+,84+,85+,86+,87+,88-,89-,90-/m1/s1. The van der Waals surface area contributed by atoms with Crippen molar-refractivity contribution >= 4 is 20.9 Å². The van der Waals surface area contributed by atoms with Crippen LogP contribution in [0.15, 0.2) is 71.4 Å². The summed E-state index contributed by atoms with van der Waals surface area (Å²) in [4.78, 5) is 0. The van der Waals surface area contributed by atoms with Crippen molar-refractivity contribution in [2.24, 2.45) is 157 Å². The molecule has 1 aliphatic heterocycles. The van der Waals surface area contributed by atoms with Crippen LogP contribution in [0.25, 0.3) is 0 Å². The summed E-state index contributed by atoms with van der Waals surface area (Å²) in [6.45, 7) is 47.9. The number of hydrogen-bond acceptors (Lipinski definition) is 3. The van der Waals surface area contributed by atoms with Crippen molar-refractivity contribution in [3.05, 3.63) is 71.4 Å². The zero-order valence-electron chi connectivity index (χ0n) is 66.7. The Morgan fingerprint density at radius 2 is 0.615 bits per heavy atom. The maximum atomic E-state index is 3.08. The van der Waals surface area contributed by atoms with Crippen LogP contribution in [0.2, 0.25) is 17.5 Å². The van der Waals surface area contributed by atoms with Crippen molar-refractivity contribution in [1.82, 2.24) is 14.2 Å². The van der Waals surface area contributed by atoms with Crippen molar-refractivity contribution in [3.8, 4) is 0 Å². The van der Waals surface area contributed by atoms with Gasteiger partial charge in [-0.3, -0.25) is 0 Å². The number of fused-ring (bicyclic) bond motifs is 15. The molecule has 0 bridgehead atoms. The molecule has 6 heteroatoms. The van der Waals surface area contributed by atoms with Gasteiger partial charge in [-0.05, 0) is 349 Å². The van der Waals surface area contributed by atoms with Gasteiger partial charge < -0.3 is 14.2 Å². The van der Waals surface area contributed by atoms with Crippen molar-refractivity contribution in [2.75, 3.05) is 21.1 Å². The molecule has 0 amide bonds. The quantitative estimate of drug-likeness (QED) is 0.100. The van der Waals surface area contributed by atoms with Crippen LogP contribution in [-0.4, -0.2) is 56.3 Å². The highest BCUT2D eigenvalue weighted by molar-refractivity contribution is 6.87. The maximum absolute atomic E-state index is 3.08. The van der Waals surface area contributed by atoms with Crippen molar-refractivity contribution in [1.29, 1.82) is 0 Å². The minimum atomic E-state index is 0.365. The molecule has 96 heavy (non-hydrogen) atoms. The first-order valence-electron chi connectivity index (χ1n) is 42.9. The lowest BCUT2D eigenvalue weighted by Crippen LogP contribution is -2.78. The molecule has 12 aliphatic carbocycles. The Balaban J connectivity index is 0.759. The van der Waals surface area contributed by atoms with Crippen LogP contribution in [0.4, 0.5) is 0 Å². The summed E-state index contributed by atoms with van der Waals surface area (Å²) in [6.07, 6.45) is 62.7. The lowest BCUT2D eigenvalue weighted by Gasteiger charge is -2.62. The second-order valence-electron chi connectivity index (χ2n) is 40.9. The second-order valence-corrected chi connectivity index (χ2v) is 40.9. The van der Waals surface area contributed by atoms with E-state index in [2.05, 4.69) is 215 Å².